The molecule has 7 heterocycles. The van der Waals surface area contributed by atoms with E-state index in [1.807, 2.05) is 34.4 Å². The second-order valence-corrected chi connectivity index (χ2v) is 21.0. The molecular formula is C44H57N9O8S2. The minimum absolute atomic E-state index is 0.164. The average Bonchev–Trinajstić information content (AvgIpc) is 4.06. The van der Waals surface area contributed by atoms with Crippen LogP contribution in [0.3, 0.4) is 0 Å². The molecular weight excluding hydrogens is 847 g/mol. The van der Waals surface area contributed by atoms with Gasteiger partial charge in [0.2, 0.25) is 11.1 Å². The summed E-state index contributed by atoms with van der Waals surface area (Å²) >= 11 is 2.63. The molecule has 3 aromatic rings. The Morgan fingerprint density at radius 3 is 1.37 bits per heavy atom. The summed E-state index contributed by atoms with van der Waals surface area (Å²) in [6, 6.07) is 6.50. The molecule has 17 nitrogen and oxygen atoms in total. The number of rotatable bonds is 11. The minimum atomic E-state index is -2.21. The molecule has 5 aliphatic rings. The zero-order valence-electron chi connectivity index (χ0n) is 36.7. The Hall–Kier alpha value is -4.98. The number of aromatic nitrogens is 2. The van der Waals surface area contributed by atoms with E-state index in [9.17, 15) is 28.8 Å². The zero-order valence-corrected chi connectivity index (χ0v) is 38.3. The molecule has 0 radical (unpaired) electrons. The third kappa shape index (κ3) is 6.11. The van der Waals surface area contributed by atoms with Crippen LogP contribution in [0.5, 0.6) is 0 Å². The summed E-state index contributed by atoms with van der Waals surface area (Å²) in [5, 5.41) is 4.81. The number of hydrogen-bond donors (Lipinski definition) is 4. The summed E-state index contributed by atoms with van der Waals surface area (Å²) < 4.78 is 10.4. The van der Waals surface area contributed by atoms with Crippen molar-refractivity contribution >= 4 is 64.3 Å². The molecule has 0 aliphatic carbocycles. The van der Waals surface area contributed by atoms with Crippen LogP contribution in [0.15, 0.2) is 35.0 Å². The van der Waals surface area contributed by atoms with Crippen molar-refractivity contribution in [2.45, 2.75) is 150 Å². The summed E-state index contributed by atoms with van der Waals surface area (Å²) in [6.45, 7) is 14.3. The van der Waals surface area contributed by atoms with Crippen molar-refractivity contribution < 1.29 is 38.2 Å². The fourth-order valence-corrected chi connectivity index (χ4v) is 14.7. The Kier molecular flexibility index (Phi) is 10.9. The third-order valence-electron chi connectivity index (χ3n) is 15.6. The van der Waals surface area contributed by atoms with E-state index in [1.165, 1.54) is 22.7 Å². The SMILES string of the molecule is CC1c2csc(n2)[C@]1(C)[C@](C(N)=O)(C(=O)OC(N)=O)N1CCCC1C1CC[C@@H](C2CCCN2[C@@](C(N)=O)(C(=O)OC(N)=O)[C@@]2(C)c3nc(cs3)C2C)N1c1ccc(C(C)(C)C)cc1. The Morgan fingerprint density at radius 2 is 1.05 bits per heavy atom. The van der Waals surface area contributed by atoms with Gasteiger partial charge in [0.05, 0.1) is 22.2 Å². The number of carbonyl (C=O) groups is 6. The van der Waals surface area contributed by atoms with Gasteiger partial charge in [-0.3, -0.25) is 19.4 Å². The number of ether oxygens (including phenoxy) is 2. The predicted octanol–water partition coefficient (Wildman–Crippen LogP) is 4.01. The lowest BCUT2D eigenvalue weighted by Crippen LogP contribution is -2.76. The number of fused-ring (bicyclic) bond motifs is 4. The maximum Gasteiger partial charge on any atom is 0.412 e. The maximum atomic E-state index is 14.7. The highest BCUT2D eigenvalue weighted by atomic mass is 32.1. The van der Waals surface area contributed by atoms with Crippen molar-refractivity contribution in [1.82, 2.24) is 19.8 Å². The van der Waals surface area contributed by atoms with Gasteiger partial charge < -0.3 is 37.3 Å². The number of benzene rings is 1. The highest BCUT2D eigenvalue weighted by Gasteiger charge is 2.73. The van der Waals surface area contributed by atoms with Crippen LogP contribution in [-0.2, 0) is 44.9 Å². The van der Waals surface area contributed by atoms with Gasteiger partial charge in [-0.25, -0.2) is 29.1 Å². The summed E-state index contributed by atoms with van der Waals surface area (Å²) in [6.07, 6.45) is 0.662. The van der Waals surface area contributed by atoms with E-state index in [0.717, 1.165) is 11.3 Å². The van der Waals surface area contributed by atoms with E-state index in [4.69, 9.17) is 42.4 Å². The Morgan fingerprint density at radius 1 is 0.651 bits per heavy atom. The Bertz CT molecular complexity index is 2250. The van der Waals surface area contributed by atoms with E-state index in [0.29, 0.717) is 59.9 Å². The molecule has 4 amide bonds. The number of anilines is 1. The van der Waals surface area contributed by atoms with Gasteiger partial charge in [-0.2, -0.15) is 0 Å². The molecule has 0 saturated carbocycles. The predicted molar refractivity (Wildman–Crippen MR) is 235 cm³/mol. The monoisotopic (exact) mass is 903 g/mol. The largest absolute Gasteiger partial charge is 0.412 e. The molecule has 3 saturated heterocycles. The molecule has 5 aliphatic heterocycles. The van der Waals surface area contributed by atoms with Crippen LogP contribution in [0.2, 0.25) is 0 Å². The number of primary amides is 4. The molecule has 4 bridgehead atoms. The fourth-order valence-electron chi connectivity index (χ4n) is 12.3. The third-order valence-corrected chi connectivity index (χ3v) is 17.8. The number of thiazole rings is 2. The van der Waals surface area contributed by atoms with Gasteiger partial charge in [-0.1, -0.05) is 46.8 Å². The number of amides is 4. The molecule has 8 N–H and O–H groups in total. The lowest BCUT2D eigenvalue weighted by atomic mass is 9.62. The van der Waals surface area contributed by atoms with Gasteiger partial charge in [0, 0.05) is 65.5 Å². The van der Waals surface area contributed by atoms with Crippen molar-refractivity contribution in [3.05, 3.63) is 62.0 Å². The van der Waals surface area contributed by atoms with E-state index in [1.54, 1.807) is 13.8 Å². The number of likely N-dealkylation sites (tertiary alicyclic amines) is 2. The van der Waals surface area contributed by atoms with Crippen LogP contribution in [0.1, 0.15) is 126 Å². The normalized spacial score (nSPS) is 31.1. The molecule has 5 unspecified atom stereocenters. The first kappa shape index (κ1) is 44.6. The fraction of sp³-hybridized carbons (Fsp3) is 0.591. The van der Waals surface area contributed by atoms with Gasteiger partial charge >= 0.3 is 24.1 Å². The Balaban J connectivity index is 1.28. The number of hydrogen-bond acceptors (Lipinski definition) is 15. The molecule has 338 valence electrons. The summed E-state index contributed by atoms with van der Waals surface area (Å²) in [7, 11) is 0. The highest BCUT2D eigenvalue weighted by Crippen LogP contribution is 2.59. The van der Waals surface area contributed by atoms with E-state index in [2.05, 4.69) is 49.9 Å². The first-order valence-corrected chi connectivity index (χ1v) is 23.3. The smallest absolute Gasteiger partial charge is 0.375 e. The van der Waals surface area contributed by atoms with E-state index in [-0.39, 0.29) is 30.6 Å². The van der Waals surface area contributed by atoms with Crippen molar-refractivity contribution in [2.24, 2.45) is 22.9 Å². The molecule has 10 atom stereocenters. The lowest BCUT2D eigenvalue weighted by molar-refractivity contribution is -0.167. The average molecular weight is 904 g/mol. The highest BCUT2D eigenvalue weighted by molar-refractivity contribution is 7.10. The summed E-state index contributed by atoms with van der Waals surface area (Å²) in [4.78, 5) is 98.7. The van der Waals surface area contributed by atoms with Crippen LogP contribution in [-0.4, -0.2) is 104 Å². The summed E-state index contributed by atoms with van der Waals surface area (Å²) in [5.74, 6) is -5.17. The maximum absolute atomic E-state index is 14.7. The molecule has 1 aromatic carbocycles. The lowest BCUT2D eigenvalue weighted by Gasteiger charge is -2.54. The number of nitrogens with two attached hydrogens (primary N) is 4. The quantitative estimate of drug-likeness (QED) is 0.157. The molecule has 19 heteroatoms. The standard InChI is InChI=1S/C44H57N9O8S2/c1-22-26-20-62-34(49-26)41(22,6)43(32(45)54,36(56)60-38(47)58)51-18-8-10-28(51)30-16-17-31(53(30)25-14-12-24(13-15-25)40(3,4)5)29-11-9-19-52(29)44(33(46)55,37(57)61-39(48)59)42(7)23(2)27-21-63-35(42)50-27/h12-15,20-23,28-31H,8-11,16-19H2,1-7H3,(H2,45,54)(H2,46,55)(H2,47,58)(H2,48,59)/t22?,23?,28?,29?,30-,31?,41+,42+,43-,44-/m0/s1. The van der Waals surface area contributed by atoms with Gasteiger partial charge in [0.25, 0.3) is 11.8 Å². The molecule has 0 spiro atoms. The molecule has 3 fully saturated rings. The minimum Gasteiger partial charge on any atom is -0.375 e. The molecule has 8 rings (SSSR count). The van der Waals surface area contributed by atoms with Crippen LogP contribution in [0, 0.1) is 0 Å². The van der Waals surface area contributed by atoms with Gasteiger partial charge in [-0.05, 0) is 75.5 Å². The number of nitrogens with zero attached hydrogens (tertiary/aromatic N) is 5. The van der Waals surface area contributed by atoms with Crippen molar-refractivity contribution in [3.8, 4) is 0 Å². The first-order chi connectivity index (χ1) is 29.6. The number of esters is 2. The second-order valence-electron chi connectivity index (χ2n) is 19.3. The van der Waals surface area contributed by atoms with E-state index >= 15 is 0 Å². The zero-order chi connectivity index (χ0) is 45.8. The van der Waals surface area contributed by atoms with E-state index < -0.39 is 81.8 Å². The first-order valence-electron chi connectivity index (χ1n) is 21.6. The van der Waals surface area contributed by atoms with Crippen molar-refractivity contribution in [2.75, 3.05) is 18.0 Å². The molecule has 2 aromatic heterocycles. The van der Waals surface area contributed by atoms with Crippen LogP contribution < -0.4 is 27.8 Å². The van der Waals surface area contributed by atoms with Gasteiger partial charge in [0.1, 0.15) is 10.0 Å². The van der Waals surface area contributed by atoms with Crippen molar-refractivity contribution in [3.63, 3.8) is 0 Å². The number of carbonyl (C=O) groups excluding carboxylic acids is 6. The van der Waals surface area contributed by atoms with Crippen LogP contribution in [0.25, 0.3) is 0 Å². The molecule has 63 heavy (non-hydrogen) atoms. The summed E-state index contributed by atoms with van der Waals surface area (Å²) in [5.41, 5.74) is 20.1. The van der Waals surface area contributed by atoms with Crippen molar-refractivity contribution in [1.29, 1.82) is 0 Å². The Labute approximate surface area is 374 Å². The van der Waals surface area contributed by atoms with Crippen LogP contribution in [0.4, 0.5) is 15.3 Å². The van der Waals surface area contributed by atoms with Gasteiger partial charge in [0.15, 0.2) is 0 Å². The van der Waals surface area contributed by atoms with Crippen LogP contribution >= 0.6 is 22.7 Å². The van der Waals surface area contributed by atoms with Gasteiger partial charge in [-0.15, -0.1) is 22.7 Å². The topological polar surface area (TPSA) is 260 Å². The second kappa shape index (κ2) is 15.3.